The second-order valence-corrected chi connectivity index (χ2v) is 11.5. The molecular formula is C35H46N2O5. The van der Waals surface area contributed by atoms with E-state index >= 15 is 0 Å². The van der Waals surface area contributed by atoms with Crippen LogP contribution in [0.3, 0.4) is 0 Å². The molecular weight excluding hydrogens is 528 g/mol. The van der Waals surface area contributed by atoms with Crippen molar-refractivity contribution in [3.63, 3.8) is 0 Å². The molecule has 0 bridgehead atoms. The fraction of sp³-hybridized carbons (Fsp3) is 0.371. The van der Waals surface area contributed by atoms with E-state index in [0.29, 0.717) is 38.3 Å². The Hall–Kier alpha value is -4.10. The minimum atomic E-state index is -0.463. The van der Waals surface area contributed by atoms with Gasteiger partial charge in [-0.1, -0.05) is 63.4 Å². The number of aliphatic hydroxyl groups is 1. The third-order valence-corrected chi connectivity index (χ3v) is 8.15. The van der Waals surface area contributed by atoms with E-state index in [2.05, 4.69) is 6.58 Å². The first-order valence-electron chi connectivity index (χ1n) is 14.1. The van der Waals surface area contributed by atoms with Gasteiger partial charge in [0.05, 0.1) is 6.10 Å². The van der Waals surface area contributed by atoms with Gasteiger partial charge in [-0.05, 0) is 65.8 Å². The fourth-order valence-corrected chi connectivity index (χ4v) is 5.03. The Balaban J connectivity index is 0.000000480. The molecule has 6 rings (SSSR count). The van der Waals surface area contributed by atoms with Crippen LogP contribution in [0, 0.1) is 5.41 Å². The first-order valence-corrected chi connectivity index (χ1v) is 14.1. The molecule has 3 aromatic carbocycles. The van der Waals surface area contributed by atoms with Crippen molar-refractivity contribution < 1.29 is 27.0 Å². The molecule has 1 N–H and O–H groups in total. The van der Waals surface area contributed by atoms with E-state index in [1.165, 1.54) is 0 Å². The lowest BCUT2D eigenvalue weighted by atomic mass is 9.91. The largest absolute Gasteiger partial charge is 0.454 e. The maximum Gasteiger partial charge on any atom is 0.254 e. The highest BCUT2D eigenvalue weighted by molar-refractivity contribution is 6.01. The number of ketones is 1. The van der Waals surface area contributed by atoms with Gasteiger partial charge in [0.25, 0.3) is 5.91 Å². The van der Waals surface area contributed by atoms with Crippen LogP contribution >= 0.6 is 0 Å². The van der Waals surface area contributed by atoms with Crippen molar-refractivity contribution in [2.24, 2.45) is 5.41 Å². The molecule has 3 aromatic rings. The molecule has 2 heterocycles. The Morgan fingerprint density at radius 1 is 1.05 bits per heavy atom. The zero-order valence-corrected chi connectivity index (χ0v) is 24.1. The number of amides is 1. The highest BCUT2D eigenvalue weighted by Crippen LogP contribution is 2.46. The van der Waals surface area contributed by atoms with Crippen molar-refractivity contribution in [2.75, 3.05) is 34.0 Å². The quantitative estimate of drug-likeness (QED) is 0.345. The number of Topliss-reactive ketones (excluding diaryl/α,β-unsaturated/α-hetero) is 1. The minimum Gasteiger partial charge on any atom is -0.454 e. The lowest BCUT2D eigenvalue weighted by Gasteiger charge is -2.20. The third-order valence-electron chi connectivity index (χ3n) is 8.15. The lowest BCUT2D eigenvalue weighted by Crippen LogP contribution is -2.30. The van der Waals surface area contributed by atoms with E-state index in [9.17, 15) is 14.7 Å². The summed E-state index contributed by atoms with van der Waals surface area (Å²) in [5.41, 5.74) is 5.04. The smallest absolute Gasteiger partial charge is 0.254 e. The predicted octanol–water partition coefficient (Wildman–Crippen LogP) is 6.55. The zero-order chi connectivity index (χ0) is 29.1. The molecule has 1 amide bonds. The highest BCUT2D eigenvalue weighted by atomic mass is 16.7. The molecule has 1 saturated heterocycles. The van der Waals surface area contributed by atoms with Gasteiger partial charge in [0.2, 0.25) is 6.79 Å². The lowest BCUT2D eigenvalue weighted by molar-refractivity contribution is -0.122. The van der Waals surface area contributed by atoms with Crippen molar-refractivity contribution in [1.29, 1.82) is 0 Å². The number of hydrogen-bond acceptors (Lipinski definition) is 6. The Labute approximate surface area is 252 Å². The second-order valence-electron chi connectivity index (χ2n) is 11.5. The van der Waals surface area contributed by atoms with Crippen LogP contribution in [-0.4, -0.2) is 66.7 Å². The van der Waals surface area contributed by atoms with Crippen molar-refractivity contribution in [1.82, 2.24) is 9.80 Å². The number of hydrogen-bond donors (Lipinski definition) is 1. The Morgan fingerprint density at radius 3 is 2.24 bits per heavy atom. The molecule has 0 spiro atoms. The number of aliphatic hydroxyl groups excluding tert-OH is 1. The summed E-state index contributed by atoms with van der Waals surface area (Å²) in [4.78, 5) is 29.6. The van der Waals surface area contributed by atoms with Crippen molar-refractivity contribution >= 4 is 17.4 Å². The third kappa shape index (κ3) is 6.85. The molecule has 0 radical (unpaired) electrons. The van der Waals surface area contributed by atoms with Crippen LogP contribution in [0.1, 0.15) is 58.0 Å². The first kappa shape index (κ1) is 30.8. The summed E-state index contributed by atoms with van der Waals surface area (Å²) in [5, 5.41) is 9.89. The van der Waals surface area contributed by atoms with Crippen molar-refractivity contribution in [2.45, 2.75) is 46.1 Å². The van der Waals surface area contributed by atoms with E-state index < -0.39 is 6.10 Å². The van der Waals surface area contributed by atoms with Crippen LogP contribution in [0.5, 0.6) is 11.5 Å². The Kier molecular flexibility index (Phi) is 9.42. The SMILES string of the molecule is C.C=C(c1ccc(-c2cc(CC(=O)C3(C)CC3)ccc2C(=O)N2CC[C@@H](O)C2)cc1)N(C)C.[HH].[HH].c1ccc2c(c1)OCO2. The summed E-state index contributed by atoms with van der Waals surface area (Å²) in [7, 11) is 3.91. The fourth-order valence-electron chi connectivity index (χ4n) is 5.03. The predicted molar refractivity (Wildman–Crippen MR) is 171 cm³/mol. The van der Waals surface area contributed by atoms with Gasteiger partial charge < -0.3 is 24.4 Å². The molecule has 0 aromatic heterocycles. The van der Waals surface area contributed by atoms with Gasteiger partial charge in [-0.2, -0.15) is 0 Å². The molecule has 7 nitrogen and oxygen atoms in total. The van der Waals surface area contributed by atoms with Crippen LogP contribution in [-0.2, 0) is 11.2 Å². The Morgan fingerprint density at radius 2 is 1.69 bits per heavy atom. The number of likely N-dealkylation sites (tertiary alicyclic amines) is 1. The van der Waals surface area contributed by atoms with Crippen molar-refractivity contribution in [3.05, 3.63) is 90.0 Å². The van der Waals surface area contributed by atoms with Gasteiger partial charge in [-0.15, -0.1) is 0 Å². The number of rotatable bonds is 7. The van der Waals surface area contributed by atoms with Crippen molar-refractivity contribution in [3.8, 4) is 22.6 Å². The molecule has 1 aliphatic carbocycles. The molecule has 0 unspecified atom stereocenters. The summed E-state index contributed by atoms with van der Waals surface area (Å²) in [6.45, 7) is 7.42. The first-order chi connectivity index (χ1) is 19.6. The molecule has 1 atom stereocenters. The second kappa shape index (κ2) is 12.8. The molecule has 2 fully saturated rings. The number of β-amino-alcohol motifs (C(OH)–C–C–N with tert-alkyl or cyclic N) is 1. The van der Waals surface area contributed by atoms with E-state index in [1.54, 1.807) is 4.90 Å². The molecule has 42 heavy (non-hydrogen) atoms. The summed E-state index contributed by atoms with van der Waals surface area (Å²) in [6, 6.07) is 21.4. The van der Waals surface area contributed by atoms with Crippen LogP contribution in [0.15, 0.2) is 73.3 Å². The minimum absolute atomic E-state index is 0. The normalized spacial score (nSPS) is 17.4. The molecule has 226 valence electrons. The monoisotopic (exact) mass is 574 g/mol. The topological polar surface area (TPSA) is 79.3 Å². The maximum absolute atomic E-state index is 13.3. The number of benzene rings is 3. The molecule has 2 aliphatic heterocycles. The summed E-state index contributed by atoms with van der Waals surface area (Å²) < 4.78 is 10.2. The van der Waals surface area contributed by atoms with Gasteiger partial charge in [0.1, 0.15) is 5.78 Å². The van der Waals surface area contributed by atoms with E-state index in [1.807, 2.05) is 92.6 Å². The number of carbonyl (C=O) groups excluding carboxylic acids is 2. The average molecular weight is 575 g/mol. The number of para-hydroxylation sites is 2. The van der Waals surface area contributed by atoms with Crippen LogP contribution < -0.4 is 9.47 Å². The summed E-state index contributed by atoms with van der Waals surface area (Å²) >= 11 is 0. The number of carbonyl (C=O) groups is 2. The van der Waals surface area contributed by atoms with Gasteiger partial charge >= 0.3 is 0 Å². The van der Waals surface area contributed by atoms with E-state index in [4.69, 9.17) is 9.47 Å². The number of fused-ring (bicyclic) bond motifs is 1. The summed E-state index contributed by atoms with van der Waals surface area (Å²) in [5.74, 6) is 1.88. The number of nitrogens with zero attached hydrogens (tertiary/aromatic N) is 2. The van der Waals surface area contributed by atoms with Crippen LogP contribution in [0.4, 0.5) is 0 Å². The molecule has 3 aliphatic rings. The van der Waals surface area contributed by atoms with E-state index in [0.717, 1.165) is 52.3 Å². The van der Waals surface area contributed by atoms with Gasteiger partial charge in [0.15, 0.2) is 11.5 Å². The van der Waals surface area contributed by atoms with Crippen LogP contribution in [0.25, 0.3) is 16.8 Å². The van der Waals surface area contributed by atoms with Gasteiger partial charge in [0, 0.05) is 53.1 Å². The Bertz CT molecular complexity index is 1430. The van der Waals surface area contributed by atoms with E-state index in [-0.39, 0.29) is 27.4 Å². The molecule has 1 saturated carbocycles. The highest BCUT2D eigenvalue weighted by Gasteiger charge is 2.44. The van der Waals surface area contributed by atoms with Gasteiger partial charge in [-0.3, -0.25) is 9.59 Å². The van der Waals surface area contributed by atoms with Gasteiger partial charge in [-0.25, -0.2) is 0 Å². The standard InChI is InChI=1S/C27H32N2O3.C7H6O2.CH4.2H2/c1-18(28(3)4)20-6-8-21(9-7-20)24-15-19(16-25(31)27(2)12-13-27)5-10-23(24)26(32)29-14-11-22(30)17-29;1-2-4-7-6(3-1)8-5-9-7;;;/h5-10,15,22,30H,1,11-14,16-17H2,2-4H3;1-4H,5H2;1H4;2*1H/t22-;;;;/m1..../s1. The number of ether oxygens (including phenoxy) is 2. The van der Waals surface area contributed by atoms with Crippen LogP contribution in [0.2, 0.25) is 0 Å². The molecule has 7 heteroatoms. The average Bonchev–Trinajstić information content (AvgIpc) is 3.34. The summed E-state index contributed by atoms with van der Waals surface area (Å²) in [6.07, 6.45) is 2.45. The maximum atomic E-state index is 13.3. The zero-order valence-electron chi connectivity index (χ0n) is 24.1.